The molecule has 4 heterocycles. The number of thiazole rings is 1. The summed E-state index contributed by atoms with van der Waals surface area (Å²) in [4.78, 5) is 23.5. The van der Waals surface area contributed by atoms with Gasteiger partial charge in [0.2, 0.25) is 5.91 Å². The van der Waals surface area contributed by atoms with Crippen LogP contribution in [0.2, 0.25) is 5.02 Å². The van der Waals surface area contributed by atoms with Crippen LogP contribution in [0.25, 0.3) is 5.13 Å². The van der Waals surface area contributed by atoms with Crippen LogP contribution in [-0.4, -0.2) is 25.6 Å². The lowest BCUT2D eigenvalue weighted by atomic mass is 9.96. The fourth-order valence-electron chi connectivity index (χ4n) is 4.69. The van der Waals surface area contributed by atoms with Crippen LogP contribution in [0, 0.1) is 19.8 Å². The van der Waals surface area contributed by atoms with Gasteiger partial charge in [0.25, 0.3) is 0 Å². The topological polar surface area (TPSA) is 75.1 Å². The zero-order valence-electron chi connectivity index (χ0n) is 20.9. The van der Waals surface area contributed by atoms with E-state index in [-0.39, 0.29) is 23.9 Å². The third kappa shape index (κ3) is 4.74. The van der Waals surface area contributed by atoms with E-state index >= 15 is 0 Å². The summed E-state index contributed by atoms with van der Waals surface area (Å²) in [5.74, 6) is -0.238. The van der Waals surface area contributed by atoms with E-state index in [0.717, 1.165) is 33.5 Å². The Balaban J connectivity index is 1.61. The van der Waals surface area contributed by atoms with Crippen LogP contribution >= 0.6 is 35.2 Å². The van der Waals surface area contributed by atoms with Gasteiger partial charge in [0.15, 0.2) is 10.2 Å². The fraction of sp³-hybridized carbons (Fsp3) is 0.259. The molecular weight excluding hydrogens is 524 g/mol. The first-order chi connectivity index (χ1) is 17.8. The zero-order chi connectivity index (χ0) is 26.3. The number of rotatable bonds is 6. The molecule has 2 atom stereocenters. The van der Waals surface area contributed by atoms with E-state index < -0.39 is 0 Å². The fourth-order valence-corrected chi connectivity index (χ4v) is 6.01. The predicted molar refractivity (Wildman–Crippen MR) is 154 cm³/mol. The van der Waals surface area contributed by atoms with E-state index in [9.17, 15) is 4.79 Å². The van der Waals surface area contributed by atoms with Gasteiger partial charge in [-0.05, 0) is 68.0 Å². The molecule has 1 aliphatic rings. The van der Waals surface area contributed by atoms with Gasteiger partial charge in [0.05, 0.1) is 28.5 Å². The molecule has 0 aliphatic carbocycles. The third-order valence-electron chi connectivity index (χ3n) is 6.51. The van der Waals surface area contributed by atoms with Crippen molar-refractivity contribution in [1.82, 2.24) is 19.9 Å². The smallest absolute Gasteiger partial charge is 0.226 e. The van der Waals surface area contributed by atoms with Crippen LogP contribution in [0.1, 0.15) is 48.6 Å². The molecule has 0 radical (unpaired) electrons. The van der Waals surface area contributed by atoms with Crippen molar-refractivity contribution in [3.05, 3.63) is 87.9 Å². The summed E-state index contributed by atoms with van der Waals surface area (Å²) < 4.78 is 2.17. The zero-order valence-corrected chi connectivity index (χ0v) is 23.3. The van der Waals surface area contributed by atoms with E-state index in [1.165, 1.54) is 0 Å². The van der Waals surface area contributed by atoms with Crippen LogP contribution < -0.4 is 15.5 Å². The molecule has 0 spiro atoms. The lowest BCUT2D eigenvalue weighted by Crippen LogP contribution is -2.29. The molecule has 1 fully saturated rings. The summed E-state index contributed by atoms with van der Waals surface area (Å²) in [5, 5.41) is 10.3. The molecule has 0 bridgehead atoms. The molecular formula is C27H27ClN6OS2. The maximum Gasteiger partial charge on any atom is 0.226 e. The summed E-state index contributed by atoms with van der Waals surface area (Å²) in [7, 11) is 0. The van der Waals surface area contributed by atoms with Crippen molar-refractivity contribution < 1.29 is 4.79 Å². The lowest BCUT2D eigenvalue weighted by molar-refractivity contribution is -0.118. The van der Waals surface area contributed by atoms with Crippen LogP contribution in [-0.2, 0) is 4.79 Å². The number of hydrogen-bond acceptors (Lipinski definition) is 5. The number of hydrogen-bond donors (Lipinski definition) is 2. The van der Waals surface area contributed by atoms with Crippen molar-refractivity contribution in [2.75, 3.05) is 10.2 Å². The van der Waals surface area contributed by atoms with Crippen molar-refractivity contribution >= 4 is 57.5 Å². The van der Waals surface area contributed by atoms with Crippen LogP contribution in [0.3, 0.4) is 0 Å². The van der Waals surface area contributed by atoms with Gasteiger partial charge in [-0.15, -0.1) is 11.3 Å². The molecule has 5 rings (SSSR count). The van der Waals surface area contributed by atoms with Gasteiger partial charge in [-0.25, -0.2) is 4.98 Å². The molecule has 3 aromatic heterocycles. The Morgan fingerprint density at radius 1 is 1.16 bits per heavy atom. The Labute approximate surface area is 230 Å². The van der Waals surface area contributed by atoms with Crippen LogP contribution in [0.5, 0.6) is 0 Å². The Bertz CT molecular complexity index is 1450. The standard InChI is InChI=1S/C27H27ClN6OS2/c1-15(2)25(35)31-21-9-8-18(14-20(21)28)34-24(23(32-26(34)36)22-7-5-6-10-29-22)19-13-16(3)33(17(19)4)27-30-11-12-37-27/h5-15,23-24H,1-4H3,(H,31,35)(H,32,36)/t23-,24-/m1/s1. The van der Waals surface area contributed by atoms with E-state index in [1.807, 2.05) is 61.8 Å². The minimum Gasteiger partial charge on any atom is -0.351 e. The first-order valence-electron chi connectivity index (χ1n) is 12.0. The number of thiocarbonyl (C=S) groups is 1. The number of aromatic nitrogens is 3. The largest absolute Gasteiger partial charge is 0.351 e. The highest BCUT2D eigenvalue weighted by Gasteiger charge is 2.42. The SMILES string of the molecule is Cc1cc([C@@H]2[C@@H](c3ccccn3)NC(=S)N2c2ccc(NC(=O)C(C)C)c(Cl)c2)c(C)n1-c1nccs1. The van der Waals surface area contributed by atoms with Crippen LogP contribution in [0.15, 0.2) is 60.2 Å². The van der Waals surface area contributed by atoms with Gasteiger partial charge in [0.1, 0.15) is 0 Å². The third-order valence-corrected chi connectivity index (χ3v) is 7.89. The Kier molecular flexibility index (Phi) is 7.02. The molecule has 7 nitrogen and oxygen atoms in total. The number of aryl methyl sites for hydroxylation is 1. The second kappa shape index (κ2) is 10.2. The summed E-state index contributed by atoms with van der Waals surface area (Å²) >= 11 is 14.1. The summed E-state index contributed by atoms with van der Waals surface area (Å²) in [6.45, 7) is 7.88. The van der Waals surface area contributed by atoms with Gasteiger partial charge in [-0.1, -0.05) is 31.5 Å². The normalized spacial score (nSPS) is 17.4. The van der Waals surface area contributed by atoms with Crippen molar-refractivity contribution in [3.8, 4) is 5.13 Å². The number of anilines is 2. The van der Waals surface area contributed by atoms with Gasteiger partial charge in [-0.3, -0.25) is 14.3 Å². The highest BCUT2D eigenvalue weighted by molar-refractivity contribution is 7.80. The van der Waals surface area contributed by atoms with Gasteiger partial charge >= 0.3 is 0 Å². The monoisotopic (exact) mass is 550 g/mol. The van der Waals surface area contributed by atoms with E-state index in [2.05, 4.69) is 50.0 Å². The first-order valence-corrected chi connectivity index (χ1v) is 13.6. The molecule has 0 saturated carbocycles. The highest BCUT2D eigenvalue weighted by atomic mass is 35.5. The van der Waals surface area contributed by atoms with E-state index in [4.69, 9.17) is 23.8 Å². The second-order valence-corrected chi connectivity index (χ2v) is 10.9. The van der Waals surface area contributed by atoms with Crippen molar-refractivity contribution in [2.45, 2.75) is 39.8 Å². The number of amides is 1. The molecule has 1 amide bonds. The van der Waals surface area contributed by atoms with E-state index in [1.54, 1.807) is 17.5 Å². The molecule has 2 N–H and O–H groups in total. The molecule has 10 heteroatoms. The summed E-state index contributed by atoms with van der Waals surface area (Å²) in [5.41, 5.74) is 5.58. The average Bonchev–Trinajstić information content (AvgIpc) is 3.58. The Morgan fingerprint density at radius 2 is 1.97 bits per heavy atom. The molecule has 37 heavy (non-hydrogen) atoms. The average molecular weight is 551 g/mol. The highest BCUT2D eigenvalue weighted by Crippen LogP contribution is 2.44. The molecule has 4 aromatic rings. The number of carbonyl (C=O) groups is 1. The minimum atomic E-state index is -0.186. The molecule has 0 unspecified atom stereocenters. The first kappa shape index (κ1) is 25.4. The number of halogens is 1. The van der Waals surface area contributed by atoms with Gasteiger partial charge in [-0.2, -0.15) is 0 Å². The number of nitrogens with zero attached hydrogens (tertiary/aromatic N) is 4. The van der Waals surface area contributed by atoms with Gasteiger partial charge < -0.3 is 15.5 Å². The maximum atomic E-state index is 12.2. The van der Waals surface area contributed by atoms with Gasteiger partial charge in [0, 0.05) is 40.8 Å². The van der Waals surface area contributed by atoms with Crippen LogP contribution in [0.4, 0.5) is 11.4 Å². The van der Waals surface area contributed by atoms with E-state index in [0.29, 0.717) is 15.8 Å². The second-order valence-electron chi connectivity index (χ2n) is 9.28. The number of nitrogens with one attached hydrogen (secondary N) is 2. The van der Waals surface area contributed by atoms with Crippen molar-refractivity contribution in [1.29, 1.82) is 0 Å². The number of carbonyl (C=O) groups excluding carboxylic acids is 1. The van der Waals surface area contributed by atoms with Crippen molar-refractivity contribution in [3.63, 3.8) is 0 Å². The Morgan fingerprint density at radius 3 is 2.62 bits per heavy atom. The predicted octanol–water partition coefficient (Wildman–Crippen LogP) is 6.37. The summed E-state index contributed by atoms with van der Waals surface area (Å²) in [6.07, 6.45) is 3.61. The number of pyridine rings is 1. The summed E-state index contributed by atoms with van der Waals surface area (Å²) in [6, 6.07) is 13.3. The quantitative estimate of drug-likeness (QED) is 0.272. The number of benzene rings is 1. The molecule has 190 valence electrons. The molecule has 1 saturated heterocycles. The molecule has 1 aliphatic heterocycles. The Hall–Kier alpha value is -3.27. The maximum absolute atomic E-state index is 12.2. The minimum absolute atomic E-state index is 0.0873. The lowest BCUT2D eigenvalue weighted by Gasteiger charge is -2.28. The van der Waals surface area contributed by atoms with Crippen molar-refractivity contribution in [2.24, 2.45) is 5.92 Å². The molecule has 1 aromatic carbocycles.